The second-order valence-corrected chi connectivity index (χ2v) is 10.2. The fourth-order valence-corrected chi connectivity index (χ4v) is 4.60. The van der Waals surface area contributed by atoms with E-state index in [0.717, 1.165) is 25.7 Å². The predicted molar refractivity (Wildman–Crippen MR) is 129 cm³/mol. The topological polar surface area (TPSA) is 81.7 Å². The molecule has 1 aliphatic carbocycles. The molecule has 184 valence electrons. The molecule has 0 unspecified atom stereocenters. The Bertz CT molecular complexity index is 796. The van der Waals surface area contributed by atoms with Gasteiger partial charge in [0.15, 0.2) is 0 Å². The van der Waals surface area contributed by atoms with Gasteiger partial charge in [-0.05, 0) is 62.0 Å². The van der Waals surface area contributed by atoms with Crippen molar-refractivity contribution in [1.82, 2.24) is 5.32 Å². The standard InChI is InChI=1S/C26H38ClNO5/c1-5-32-25(31)17-22(20-9-6-7-10-21(20)27)28-23(29)11-8-12-24(30)33-19-15-13-18(14-16-19)26(2,3)4/h6-7,9-10,18-19,22H,5,8,11-17H2,1-4H3,(H,28,29)/t18?,19?,22-/m0/s1. The van der Waals surface area contributed by atoms with E-state index < -0.39 is 12.0 Å². The van der Waals surface area contributed by atoms with Crippen LogP contribution >= 0.6 is 11.6 Å². The number of amides is 1. The van der Waals surface area contributed by atoms with Gasteiger partial charge in [-0.25, -0.2) is 0 Å². The first kappa shape index (κ1) is 27.2. The number of rotatable bonds is 10. The smallest absolute Gasteiger partial charge is 0.308 e. The zero-order valence-corrected chi connectivity index (χ0v) is 21.1. The highest BCUT2D eigenvalue weighted by Crippen LogP contribution is 2.38. The number of carbonyl (C=O) groups excluding carboxylic acids is 3. The summed E-state index contributed by atoms with van der Waals surface area (Å²) in [5, 5.41) is 3.33. The minimum atomic E-state index is -0.588. The summed E-state index contributed by atoms with van der Waals surface area (Å²) in [6.45, 7) is 8.78. The van der Waals surface area contributed by atoms with Crippen LogP contribution < -0.4 is 5.32 Å². The molecule has 0 radical (unpaired) electrons. The van der Waals surface area contributed by atoms with Gasteiger partial charge in [0, 0.05) is 17.9 Å². The first-order valence-corrected chi connectivity index (χ1v) is 12.4. The van der Waals surface area contributed by atoms with Crippen LogP contribution in [-0.4, -0.2) is 30.6 Å². The number of esters is 2. The molecule has 7 heteroatoms. The van der Waals surface area contributed by atoms with E-state index in [0.29, 0.717) is 22.9 Å². The van der Waals surface area contributed by atoms with Gasteiger partial charge in [0.05, 0.1) is 19.1 Å². The largest absolute Gasteiger partial charge is 0.466 e. The van der Waals surface area contributed by atoms with Crippen LogP contribution in [0.25, 0.3) is 0 Å². The average molecular weight is 480 g/mol. The van der Waals surface area contributed by atoms with Crippen LogP contribution in [0, 0.1) is 11.3 Å². The van der Waals surface area contributed by atoms with Crippen molar-refractivity contribution in [2.75, 3.05) is 6.61 Å². The summed E-state index contributed by atoms with van der Waals surface area (Å²) in [4.78, 5) is 36.8. The molecule has 0 aliphatic heterocycles. The molecule has 0 bridgehead atoms. The van der Waals surface area contributed by atoms with Gasteiger partial charge in [0.25, 0.3) is 0 Å². The summed E-state index contributed by atoms with van der Waals surface area (Å²) in [5.41, 5.74) is 0.947. The second-order valence-electron chi connectivity index (χ2n) is 9.83. The first-order valence-electron chi connectivity index (χ1n) is 12.0. The Morgan fingerprint density at radius 1 is 1.06 bits per heavy atom. The first-order chi connectivity index (χ1) is 15.6. The number of benzene rings is 1. The lowest BCUT2D eigenvalue weighted by molar-refractivity contribution is -0.151. The Kier molecular flexibility index (Phi) is 10.7. The normalized spacial score (nSPS) is 19.4. The summed E-state index contributed by atoms with van der Waals surface area (Å²) in [7, 11) is 0. The summed E-state index contributed by atoms with van der Waals surface area (Å²) >= 11 is 6.27. The minimum Gasteiger partial charge on any atom is -0.466 e. The summed E-state index contributed by atoms with van der Waals surface area (Å²) in [6.07, 6.45) is 4.68. The van der Waals surface area contributed by atoms with E-state index in [1.165, 1.54) is 0 Å². The van der Waals surface area contributed by atoms with Gasteiger partial charge in [-0.3, -0.25) is 14.4 Å². The summed E-state index contributed by atoms with van der Waals surface area (Å²) < 4.78 is 10.7. The lowest BCUT2D eigenvalue weighted by atomic mass is 9.72. The molecule has 0 spiro atoms. The Labute approximate surface area is 202 Å². The van der Waals surface area contributed by atoms with Gasteiger partial charge in [0.2, 0.25) is 5.91 Å². The molecular formula is C26H38ClNO5. The van der Waals surface area contributed by atoms with E-state index in [-0.39, 0.29) is 49.3 Å². The molecule has 1 amide bonds. The minimum absolute atomic E-state index is 0.0113. The molecule has 0 heterocycles. The molecule has 6 nitrogen and oxygen atoms in total. The molecule has 33 heavy (non-hydrogen) atoms. The molecule has 2 rings (SSSR count). The highest BCUT2D eigenvalue weighted by molar-refractivity contribution is 6.31. The number of halogens is 1. The average Bonchev–Trinajstić information content (AvgIpc) is 2.73. The number of nitrogens with one attached hydrogen (secondary N) is 1. The maximum Gasteiger partial charge on any atom is 0.308 e. The van der Waals surface area contributed by atoms with E-state index in [2.05, 4.69) is 26.1 Å². The zero-order chi connectivity index (χ0) is 24.4. The van der Waals surface area contributed by atoms with Crippen LogP contribution in [0.15, 0.2) is 24.3 Å². The van der Waals surface area contributed by atoms with Gasteiger partial charge < -0.3 is 14.8 Å². The lowest BCUT2D eigenvalue weighted by Gasteiger charge is -2.36. The number of hydrogen-bond donors (Lipinski definition) is 1. The van der Waals surface area contributed by atoms with Crippen molar-refractivity contribution >= 4 is 29.4 Å². The summed E-state index contributed by atoms with van der Waals surface area (Å²) in [6, 6.07) is 6.49. The lowest BCUT2D eigenvalue weighted by Crippen LogP contribution is -2.31. The number of hydrogen-bond acceptors (Lipinski definition) is 5. The fraction of sp³-hybridized carbons (Fsp3) is 0.654. The number of carbonyl (C=O) groups is 3. The van der Waals surface area contributed by atoms with E-state index >= 15 is 0 Å². The number of ether oxygens (including phenoxy) is 2. The Hall–Kier alpha value is -2.08. The van der Waals surface area contributed by atoms with Crippen molar-refractivity contribution in [2.45, 2.75) is 91.2 Å². The predicted octanol–water partition coefficient (Wildman–Crippen LogP) is 5.77. The van der Waals surface area contributed by atoms with E-state index in [1.807, 2.05) is 0 Å². The Balaban J connectivity index is 1.78. The highest BCUT2D eigenvalue weighted by atomic mass is 35.5. The van der Waals surface area contributed by atoms with Crippen molar-refractivity contribution in [1.29, 1.82) is 0 Å². The third-order valence-corrected chi connectivity index (χ3v) is 6.62. The Morgan fingerprint density at radius 2 is 1.73 bits per heavy atom. The van der Waals surface area contributed by atoms with Gasteiger partial charge in [0.1, 0.15) is 6.10 Å². The van der Waals surface area contributed by atoms with Crippen molar-refractivity contribution in [2.24, 2.45) is 11.3 Å². The second kappa shape index (κ2) is 13.0. The van der Waals surface area contributed by atoms with Crippen LogP contribution in [0.5, 0.6) is 0 Å². The van der Waals surface area contributed by atoms with E-state index in [1.54, 1.807) is 31.2 Å². The summed E-state index contributed by atoms with van der Waals surface area (Å²) in [5.74, 6) is -0.247. The van der Waals surface area contributed by atoms with Gasteiger partial charge in [-0.15, -0.1) is 0 Å². The van der Waals surface area contributed by atoms with Crippen LogP contribution in [0.1, 0.15) is 90.7 Å². The van der Waals surface area contributed by atoms with Gasteiger partial charge >= 0.3 is 11.9 Å². The van der Waals surface area contributed by atoms with E-state index in [4.69, 9.17) is 21.1 Å². The molecule has 1 fully saturated rings. The van der Waals surface area contributed by atoms with Crippen molar-refractivity contribution in [3.63, 3.8) is 0 Å². The Morgan fingerprint density at radius 3 is 2.33 bits per heavy atom. The maximum atomic E-state index is 12.5. The van der Waals surface area contributed by atoms with Crippen LogP contribution in [-0.2, 0) is 23.9 Å². The van der Waals surface area contributed by atoms with Crippen LogP contribution in [0.4, 0.5) is 0 Å². The molecule has 1 N–H and O–H groups in total. The molecule has 0 saturated heterocycles. The van der Waals surface area contributed by atoms with Crippen molar-refractivity contribution in [3.05, 3.63) is 34.9 Å². The third-order valence-electron chi connectivity index (χ3n) is 6.27. The molecule has 1 saturated carbocycles. The molecule has 1 aromatic rings. The highest BCUT2D eigenvalue weighted by Gasteiger charge is 2.31. The monoisotopic (exact) mass is 479 g/mol. The van der Waals surface area contributed by atoms with Crippen LogP contribution in [0.3, 0.4) is 0 Å². The SMILES string of the molecule is CCOC(=O)C[C@H](NC(=O)CCCC(=O)OC1CCC(C(C)(C)C)CC1)c1ccccc1Cl. The molecular weight excluding hydrogens is 442 g/mol. The van der Waals surface area contributed by atoms with Crippen molar-refractivity contribution < 1.29 is 23.9 Å². The molecule has 1 atom stereocenters. The molecule has 1 aromatic carbocycles. The molecule has 0 aromatic heterocycles. The van der Waals surface area contributed by atoms with E-state index in [9.17, 15) is 14.4 Å². The van der Waals surface area contributed by atoms with Crippen molar-refractivity contribution in [3.8, 4) is 0 Å². The maximum absolute atomic E-state index is 12.5. The van der Waals surface area contributed by atoms with Gasteiger partial charge in [-0.2, -0.15) is 0 Å². The van der Waals surface area contributed by atoms with Crippen LogP contribution in [0.2, 0.25) is 5.02 Å². The van der Waals surface area contributed by atoms with Gasteiger partial charge in [-0.1, -0.05) is 50.6 Å². The zero-order valence-electron chi connectivity index (χ0n) is 20.3. The quantitative estimate of drug-likeness (QED) is 0.431. The third kappa shape index (κ3) is 9.36. The fourth-order valence-electron chi connectivity index (χ4n) is 4.33. The molecule has 1 aliphatic rings.